The molecule has 6 heteroatoms. The molecule has 0 radical (unpaired) electrons. The summed E-state index contributed by atoms with van der Waals surface area (Å²) in [5.41, 5.74) is 5.44. The van der Waals surface area contributed by atoms with Crippen LogP contribution in [0, 0.1) is 5.92 Å². The lowest BCUT2D eigenvalue weighted by Crippen LogP contribution is -2.36. The van der Waals surface area contributed by atoms with Gasteiger partial charge < -0.3 is 20.2 Å². The van der Waals surface area contributed by atoms with Crippen molar-refractivity contribution in [2.24, 2.45) is 11.7 Å². The van der Waals surface area contributed by atoms with E-state index in [2.05, 4.69) is 15.1 Å². The molecule has 1 aliphatic heterocycles. The third kappa shape index (κ3) is 3.17. The number of rotatable bonds is 5. The average Bonchev–Trinajstić information content (AvgIpc) is 2.79. The summed E-state index contributed by atoms with van der Waals surface area (Å²) in [4.78, 5) is 2.11. The normalized spacial score (nSPS) is 20.8. The largest absolute Gasteiger partial charge is 0.408 e. The second-order valence-corrected chi connectivity index (χ2v) is 4.48. The van der Waals surface area contributed by atoms with Gasteiger partial charge in [0, 0.05) is 32.7 Å². The van der Waals surface area contributed by atoms with E-state index in [1.807, 2.05) is 0 Å². The van der Waals surface area contributed by atoms with E-state index in [1.165, 1.54) is 6.42 Å². The zero-order valence-electron chi connectivity index (χ0n) is 10.0. The van der Waals surface area contributed by atoms with Crippen molar-refractivity contribution in [2.75, 3.05) is 31.1 Å². The molecule has 0 spiro atoms. The molecule has 96 valence electrons. The van der Waals surface area contributed by atoms with Gasteiger partial charge in [-0.25, -0.2) is 0 Å². The van der Waals surface area contributed by atoms with Crippen molar-refractivity contribution < 1.29 is 9.52 Å². The summed E-state index contributed by atoms with van der Waals surface area (Å²) in [7, 11) is 0. The van der Waals surface area contributed by atoms with Gasteiger partial charge in [0.05, 0.1) is 0 Å². The van der Waals surface area contributed by atoms with Gasteiger partial charge in [0.2, 0.25) is 5.89 Å². The molecule has 0 amide bonds. The summed E-state index contributed by atoms with van der Waals surface area (Å²) in [5, 5.41) is 17.0. The number of nitrogens with zero attached hydrogens (tertiary/aromatic N) is 3. The molecule has 1 aliphatic rings. The van der Waals surface area contributed by atoms with Crippen molar-refractivity contribution in [3.05, 3.63) is 5.89 Å². The topological polar surface area (TPSA) is 88.4 Å². The summed E-state index contributed by atoms with van der Waals surface area (Å²) in [6.45, 7) is 2.62. The van der Waals surface area contributed by atoms with Crippen LogP contribution in [-0.4, -0.2) is 41.5 Å². The molecular formula is C11H20N4O2. The summed E-state index contributed by atoms with van der Waals surface area (Å²) in [5.74, 6) is 1.13. The molecule has 0 saturated carbocycles. The SMILES string of the molecule is NCCc1nnc(N2CCCC(CCO)C2)o1. The van der Waals surface area contributed by atoms with Crippen molar-refractivity contribution in [1.82, 2.24) is 10.2 Å². The van der Waals surface area contributed by atoms with Gasteiger partial charge in [-0.3, -0.25) is 0 Å². The molecule has 2 heterocycles. The second kappa shape index (κ2) is 5.97. The highest BCUT2D eigenvalue weighted by atomic mass is 16.4. The average molecular weight is 240 g/mol. The lowest BCUT2D eigenvalue weighted by Gasteiger charge is -2.30. The van der Waals surface area contributed by atoms with E-state index in [0.29, 0.717) is 30.8 Å². The van der Waals surface area contributed by atoms with Gasteiger partial charge in [-0.05, 0) is 25.2 Å². The van der Waals surface area contributed by atoms with Crippen molar-refractivity contribution in [3.8, 4) is 0 Å². The van der Waals surface area contributed by atoms with E-state index in [0.717, 1.165) is 25.9 Å². The van der Waals surface area contributed by atoms with Crippen LogP contribution in [0.25, 0.3) is 0 Å². The maximum Gasteiger partial charge on any atom is 0.318 e. The molecule has 6 nitrogen and oxygen atoms in total. The second-order valence-electron chi connectivity index (χ2n) is 4.48. The first-order chi connectivity index (χ1) is 8.33. The monoisotopic (exact) mass is 240 g/mol. The molecule has 0 bridgehead atoms. The maximum atomic E-state index is 8.97. The van der Waals surface area contributed by atoms with Crippen LogP contribution in [0.2, 0.25) is 0 Å². The number of aliphatic hydroxyl groups is 1. The Labute approximate surface area is 101 Å². The van der Waals surface area contributed by atoms with E-state index in [4.69, 9.17) is 15.3 Å². The van der Waals surface area contributed by atoms with Crippen molar-refractivity contribution in [3.63, 3.8) is 0 Å². The number of nitrogens with two attached hydrogens (primary N) is 1. The summed E-state index contributed by atoms with van der Waals surface area (Å²) in [6, 6.07) is 0.594. The third-order valence-electron chi connectivity index (χ3n) is 3.14. The molecule has 1 fully saturated rings. The number of anilines is 1. The van der Waals surface area contributed by atoms with Gasteiger partial charge in [-0.15, -0.1) is 5.10 Å². The highest BCUT2D eigenvalue weighted by molar-refractivity contribution is 5.25. The highest BCUT2D eigenvalue weighted by Gasteiger charge is 2.23. The predicted octanol–water partition coefficient (Wildman–Crippen LogP) is 0.170. The Hall–Kier alpha value is -1.14. The molecule has 1 aromatic heterocycles. The Morgan fingerprint density at radius 1 is 1.47 bits per heavy atom. The number of piperidine rings is 1. The van der Waals surface area contributed by atoms with Gasteiger partial charge >= 0.3 is 6.01 Å². The molecule has 1 unspecified atom stereocenters. The Morgan fingerprint density at radius 3 is 3.12 bits per heavy atom. The molecule has 0 aliphatic carbocycles. The first-order valence-electron chi connectivity index (χ1n) is 6.21. The van der Waals surface area contributed by atoms with E-state index < -0.39 is 0 Å². The summed E-state index contributed by atoms with van der Waals surface area (Å²) >= 11 is 0. The minimum Gasteiger partial charge on any atom is -0.408 e. The van der Waals surface area contributed by atoms with Crippen molar-refractivity contribution >= 4 is 6.01 Å². The van der Waals surface area contributed by atoms with E-state index in [1.54, 1.807) is 0 Å². The number of hydrogen-bond donors (Lipinski definition) is 2. The third-order valence-corrected chi connectivity index (χ3v) is 3.14. The first kappa shape index (κ1) is 12.3. The Bertz CT molecular complexity index is 340. The molecular weight excluding hydrogens is 220 g/mol. The Morgan fingerprint density at radius 2 is 2.35 bits per heavy atom. The van der Waals surface area contributed by atoms with Crippen LogP contribution in [0.3, 0.4) is 0 Å². The van der Waals surface area contributed by atoms with Crippen LogP contribution >= 0.6 is 0 Å². The molecule has 1 atom stereocenters. The standard InChI is InChI=1S/C11H20N4O2/c12-5-3-10-13-14-11(17-10)15-6-1-2-9(8-15)4-7-16/h9,16H,1-8,12H2. The van der Waals surface area contributed by atoms with E-state index >= 15 is 0 Å². The van der Waals surface area contributed by atoms with Crippen LogP contribution in [0.4, 0.5) is 6.01 Å². The highest BCUT2D eigenvalue weighted by Crippen LogP contribution is 2.23. The minimum atomic E-state index is 0.251. The van der Waals surface area contributed by atoms with Crippen LogP contribution in [0.1, 0.15) is 25.2 Å². The van der Waals surface area contributed by atoms with E-state index in [-0.39, 0.29) is 6.61 Å². The molecule has 3 N–H and O–H groups in total. The lowest BCUT2D eigenvalue weighted by molar-refractivity contribution is 0.242. The van der Waals surface area contributed by atoms with Crippen LogP contribution in [0.15, 0.2) is 4.42 Å². The Balaban J connectivity index is 1.95. The van der Waals surface area contributed by atoms with Crippen LogP contribution in [0.5, 0.6) is 0 Å². The molecule has 17 heavy (non-hydrogen) atoms. The zero-order chi connectivity index (χ0) is 12.1. The van der Waals surface area contributed by atoms with Gasteiger partial charge in [0.15, 0.2) is 0 Å². The molecule has 1 aromatic rings. The predicted molar refractivity (Wildman–Crippen MR) is 63.7 cm³/mol. The van der Waals surface area contributed by atoms with Gasteiger partial charge in [-0.2, -0.15) is 0 Å². The summed E-state index contributed by atoms with van der Waals surface area (Å²) in [6.07, 6.45) is 3.75. The number of aliphatic hydroxyl groups excluding tert-OH is 1. The summed E-state index contributed by atoms with van der Waals surface area (Å²) < 4.78 is 5.55. The van der Waals surface area contributed by atoms with Crippen LogP contribution in [-0.2, 0) is 6.42 Å². The molecule has 0 aromatic carbocycles. The molecule has 2 rings (SSSR count). The van der Waals surface area contributed by atoms with Gasteiger partial charge in [0.1, 0.15) is 0 Å². The van der Waals surface area contributed by atoms with Gasteiger partial charge in [0.25, 0.3) is 0 Å². The lowest BCUT2D eigenvalue weighted by atomic mass is 9.95. The fourth-order valence-electron chi connectivity index (χ4n) is 2.25. The van der Waals surface area contributed by atoms with E-state index in [9.17, 15) is 0 Å². The maximum absolute atomic E-state index is 8.97. The van der Waals surface area contributed by atoms with Crippen molar-refractivity contribution in [2.45, 2.75) is 25.7 Å². The minimum absolute atomic E-state index is 0.251. The van der Waals surface area contributed by atoms with Gasteiger partial charge in [-0.1, -0.05) is 5.10 Å². The fraction of sp³-hybridized carbons (Fsp3) is 0.818. The van der Waals surface area contributed by atoms with Crippen molar-refractivity contribution in [1.29, 1.82) is 0 Å². The number of aromatic nitrogens is 2. The quantitative estimate of drug-likeness (QED) is 0.762. The number of hydrogen-bond acceptors (Lipinski definition) is 6. The smallest absolute Gasteiger partial charge is 0.318 e. The zero-order valence-corrected chi connectivity index (χ0v) is 10.0. The Kier molecular flexibility index (Phi) is 4.33. The fourth-order valence-corrected chi connectivity index (χ4v) is 2.25. The first-order valence-corrected chi connectivity index (χ1v) is 6.21. The molecule has 1 saturated heterocycles. The van der Waals surface area contributed by atoms with Crippen LogP contribution < -0.4 is 10.6 Å².